The molecule has 0 unspecified atom stereocenters. The van der Waals surface area contributed by atoms with Crippen LogP contribution in [-0.4, -0.2) is 22.1 Å². The van der Waals surface area contributed by atoms with Gasteiger partial charge in [-0.05, 0) is 31.5 Å². The number of rotatable bonds is 3. The van der Waals surface area contributed by atoms with E-state index in [-0.39, 0.29) is 11.5 Å². The number of hydrogen-bond acceptors (Lipinski definition) is 4. The zero-order chi connectivity index (χ0) is 14.0. The summed E-state index contributed by atoms with van der Waals surface area (Å²) in [5.74, 6) is -1.02. The summed E-state index contributed by atoms with van der Waals surface area (Å²) < 4.78 is 4.81. The van der Waals surface area contributed by atoms with Crippen LogP contribution in [0.5, 0.6) is 0 Å². The first-order chi connectivity index (χ1) is 8.99. The van der Waals surface area contributed by atoms with E-state index in [1.807, 2.05) is 0 Å². The van der Waals surface area contributed by atoms with Crippen LogP contribution in [0.15, 0.2) is 28.9 Å². The number of carbonyl (C=O) groups excluding carboxylic acids is 1. The van der Waals surface area contributed by atoms with Crippen molar-refractivity contribution in [3.63, 3.8) is 0 Å². The molecule has 2 aromatic rings. The van der Waals surface area contributed by atoms with E-state index in [0.717, 1.165) is 5.56 Å². The van der Waals surface area contributed by atoms with Crippen molar-refractivity contribution in [3.8, 4) is 0 Å². The minimum atomic E-state index is -1.04. The predicted molar refractivity (Wildman–Crippen MR) is 67.3 cm³/mol. The summed E-state index contributed by atoms with van der Waals surface area (Å²) >= 11 is 0. The summed E-state index contributed by atoms with van der Waals surface area (Å²) in [6.07, 6.45) is 1.32. The smallest absolute Gasteiger partial charge is 0.335 e. The normalized spacial score (nSPS) is 10.2. The second-order valence-corrected chi connectivity index (χ2v) is 4.08. The first kappa shape index (κ1) is 12.8. The molecule has 19 heavy (non-hydrogen) atoms. The second kappa shape index (κ2) is 4.93. The Morgan fingerprint density at radius 2 is 2.05 bits per heavy atom. The summed E-state index contributed by atoms with van der Waals surface area (Å²) in [5, 5.41) is 15.1. The number of aromatic nitrogens is 1. The number of carboxylic acid groups (broad SMARTS) is 1. The molecule has 0 aliphatic carbocycles. The predicted octanol–water partition coefficient (Wildman–Crippen LogP) is 2.24. The third-order valence-electron chi connectivity index (χ3n) is 2.73. The van der Waals surface area contributed by atoms with Gasteiger partial charge in [0.15, 0.2) is 0 Å². The average Bonchev–Trinajstić information content (AvgIpc) is 2.78. The summed E-state index contributed by atoms with van der Waals surface area (Å²) in [6.45, 7) is 3.41. The number of carboxylic acids is 1. The van der Waals surface area contributed by atoms with Gasteiger partial charge in [0, 0.05) is 5.69 Å². The molecule has 0 fully saturated rings. The maximum atomic E-state index is 12.0. The largest absolute Gasteiger partial charge is 0.478 e. The van der Waals surface area contributed by atoms with E-state index >= 15 is 0 Å². The Kier molecular flexibility index (Phi) is 3.33. The third-order valence-corrected chi connectivity index (χ3v) is 2.73. The molecule has 2 N–H and O–H groups in total. The van der Waals surface area contributed by atoms with Gasteiger partial charge in [0.1, 0.15) is 11.3 Å². The molecule has 0 bridgehead atoms. The number of anilines is 1. The van der Waals surface area contributed by atoms with Gasteiger partial charge in [-0.25, -0.2) is 4.79 Å². The molecular formula is C13H12N2O4. The van der Waals surface area contributed by atoms with Crippen LogP contribution in [0.3, 0.4) is 0 Å². The molecule has 98 valence electrons. The summed E-state index contributed by atoms with van der Waals surface area (Å²) in [6, 6.07) is 4.54. The topological polar surface area (TPSA) is 92.4 Å². The number of carbonyl (C=O) groups is 2. The van der Waals surface area contributed by atoms with E-state index in [1.165, 1.54) is 18.3 Å². The molecule has 0 atom stereocenters. The fourth-order valence-corrected chi connectivity index (χ4v) is 1.60. The van der Waals surface area contributed by atoms with Crippen molar-refractivity contribution in [1.29, 1.82) is 0 Å². The molecule has 2 rings (SSSR count). The molecule has 0 aliphatic heterocycles. The molecule has 1 amide bonds. The van der Waals surface area contributed by atoms with Crippen LogP contribution in [0.2, 0.25) is 0 Å². The molecule has 0 spiro atoms. The standard InChI is InChI=1S/C13H12N2O4/c1-7-3-4-9(13(17)18)5-11(7)15-12(16)10-6-14-19-8(10)2/h3-6H,1-2H3,(H,15,16)(H,17,18). The highest BCUT2D eigenvalue weighted by molar-refractivity contribution is 6.05. The van der Waals surface area contributed by atoms with E-state index < -0.39 is 5.97 Å². The molecule has 1 heterocycles. The fourth-order valence-electron chi connectivity index (χ4n) is 1.60. The van der Waals surface area contributed by atoms with Crippen molar-refractivity contribution in [2.24, 2.45) is 0 Å². The van der Waals surface area contributed by atoms with Crippen molar-refractivity contribution < 1.29 is 19.2 Å². The number of nitrogens with one attached hydrogen (secondary N) is 1. The number of benzene rings is 1. The summed E-state index contributed by atoms with van der Waals surface area (Å²) in [4.78, 5) is 22.9. The van der Waals surface area contributed by atoms with Crippen molar-refractivity contribution in [1.82, 2.24) is 5.16 Å². The Bertz CT molecular complexity index is 646. The maximum absolute atomic E-state index is 12.0. The van der Waals surface area contributed by atoms with Gasteiger partial charge in [-0.1, -0.05) is 11.2 Å². The van der Waals surface area contributed by atoms with Crippen LogP contribution in [0, 0.1) is 13.8 Å². The second-order valence-electron chi connectivity index (χ2n) is 4.08. The summed E-state index contributed by atoms with van der Waals surface area (Å²) in [7, 11) is 0. The van der Waals surface area contributed by atoms with Crippen molar-refractivity contribution in [2.75, 3.05) is 5.32 Å². The van der Waals surface area contributed by atoms with Crippen LogP contribution in [0.1, 0.15) is 32.0 Å². The van der Waals surface area contributed by atoms with Gasteiger partial charge in [-0.2, -0.15) is 0 Å². The van der Waals surface area contributed by atoms with Crippen LogP contribution >= 0.6 is 0 Å². The van der Waals surface area contributed by atoms with Gasteiger partial charge < -0.3 is 14.9 Å². The lowest BCUT2D eigenvalue weighted by atomic mass is 10.1. The molecule has 6 nitrogen and oxygen atoms in total. The highest BCUT2D eigenvalue weighted by Crippen LogP contribution is 2.18. The lowest BCUT2D eigenvalue weighted by Gasteiger charge is -2.08. The Hall–Kier alpha value is -2.63. The van der Waals surface area contributed by atoms with E-state index in [9.17, 15) is 9.59 Å². The van der Waals surface area contributed by atoms with Gasteiger partial charge in [0.2, 0.25) is 0 Å². The SMILES string of the molecule is Cc1ccc(C(=O)O)cc1NC(=O)c1cnoc1C. The minimum Gasteiger partial charge on any atom is -0.478 e. The van der Waals surface area contributed by atoms with E-state index in [4.69, 9.17) is 9.63 Å². The van der Waals surface area contributed by atoms with Crippen LogP contribution in [0.25, 0.3) is 0 Å². The average molecular weight is 260 g/mol. The lowest BCUT2D eigenvalue weighted by Crippen LogP contribution is -2.13. The van der Waals surface area contributed by atoms with Gasteiger partial charge in [-0.15, -0.1) is 0 Å². The fraction of sp³-hybridized carbons (Fsp3) is 0.154. The molecule has 1 aromatic carbocycles. The highest BCUT2D eigenvalue weighted by atomic mass is 16.5. The van der Waals surface area contributed by atoms with Crippen molar-refractivity contribution >= 4 is 17.6 Å². The zero-order valence-electron chi connectivity index (χ0n) is 10.4. The Morgan fingerprint density at radius 3 is 2.63 bits per heavy atom. The number of nitrogens with zero attached hydrogens (tertiary/aromatic N) is 1. The van der Waals surface area contributed by atoms with Gasteiger partial charge >= 0.3 is 5.97 Å². The molecule has 0 saturated heterocycles. The minimum absolute atomic E-state index is 0.114. The number of aromatic carboxylic acids is 1. The van der Waals surface area contributed by atoms with Crippen LogP contribution in [0.4, 0.5) is 5.69 Å². The molecule has 1 aromatic heterocycles. The Labute approximate surface area is 109 Å². The van der Waals surface area contributed by atoms with E-state index in [0.29, 0.717) is 17.0 Å². The zero-order valence-corrected chi connectivity index (χ0v) is 10.4. The first-order valence-corrected chi connectivity index (χ1v) is 5.55. The van der Waals surface area contributed by atoms with Crippen molar-refractivity contribution in [3.05, 3.63) is 46.8 Å². The van der Waals surface area contributed by atoms with Gasteiger partial charge in [0.05, 0.1) is 11.8 Å². The molecular weight excluding hydrogens is 248 g/mol. The number of aryl methyl sites for hydroxylation is 2. The van der Waals surface area contributed by atoms with E-state index in [2.05, 4.69) is 10.5 Å². The van der Waals surface area contributed by atoms with Gasteiger partial charge in [-0.3, -0.25) is 4.79 Å². The first-order valence-electron chi connectivity index (χ1n) is 5.55. The summed E-state index contributed by atoms with van der Waals surface area (Å²) in [5.41, 5.74) is 1.65. The number of amides is 1. The highest BCUT2D eigenvalue weighted by Gasteiger charge is 2.14. The number of hydrogen-bond donors (Lipinski definition) is 2. The maximum Gasteiger partial charge on any atom is 0.335 e. The van der Waals surface area contributed by atoms with Crippen LogP contribution in [-0.2, 0) is 0 Å². The van der Waals surface area contributed by atoms with Crippen molar-refractivity contribution in [2.45, 2.75) is 13.8 Å². The Balaban J connectivity index is 2.28. The molecule has 6 heteroatoms. The molecule has 0 saturated carbocycles. The van der Waals surface area contributed by atoms with Gasteiger partial charge in [0.25, 0.3) is 5.91 Å². The molecule has 0 radical (unpaired) electrons. The third kappa shape index (κ3) is 2.62. The lowest BCUT2D eigenvalue weighted by molar-refractivity contribution is 0.0696. The monoisotopic (exact) mass is 260 g/mol. The Morgan fingerprint density at radius 1 is 1.32 bits per heavy atom. The van der Waals surface area contributed by atoms with Crippen LogP contribution < -0.4 is 5.32 Å². The quantitative estimate of drug-likeness (QED) is 0.882. The van der Waals surface area contributed by atoms with E-state index in [1.54, 1.807) is 19.9 Å². The molecule has 0 aliphatic rings.